The van der Waals surface area contributed by atoms with Crippen LogP contribution in [0.2, 0.25) is 5.02 Å². The number of anilines is 2. The van der Waals surface area contributed by atoms with Gasteiger partial charge in [0.25, 0.3) is 0 Å². The highest BCUT2D eigenvalue weighted by Gasteiger charge is 2.18. The number of tetrazole rings is 1. The Hall–Kier alpha value is -5.36. The SMILES string of the molecule is COC(=O)Nc1ccc2c(c1)NC(=O)CC/C=C/CC[C@H](NC(=O)/C=C/c1cc(Cl)ccc1-n1cnnn1)c1cc-2ccn1. The van der Waals surface area contributed by atoms with Gasteiger partial charge in [-0.1, -0.05) is 29.8 Å². The van der Waals surface area contributed by atoms with E-state index in [4.69, 9.17) is 16.3 Å². The molecule has 1 aliphatic rings. The standard InChI is InChI=1S/C31H29ClN8O4/c1-44-31(43)35-23-10-11-24-20-14-15-33-27(17-20)25(6-4-2-3-5-7-29(41)37-26(24)18-23)36-30(42)13-8-21-16-22(32)9-12-28(21)40-19-34-38-39-40/h2-3,8-19,25H,4-7H2,1H3,(H,35,43)(H,36,42)(H,37,41)/b3-2+,13-8+/t25-/m0/s1. The molecule has 2 bridgehead atoms. The van der Waals surface area contributed by atoms with E-state index in [9.17, 15) is 14.4 Å². The van der Waals surface area contributed by atoms with Crippen LogP contribution < -0.4 is 16.0 Å². The van der Waals surface area contributed by atoms with Gasteiger partial charge in [0.05, 0.1) is 30.2 Å². The number of benzene rings is 2. The zero-order valence-corrected chi connectivity index (χ0v) is 24.5. The molecule has 5 rings (SSSR count). The number of carbonyl (C=O) groups excluding carboxylic acids is 3. The summed E-state index contributed by atoms with van der Waals surface area (Å²) >= 11 is 6.22. The molecule has 1 atom stereocenters. The molecule has 12 nitrogen and oxygen atoms in total. The number of hydrogen-bond acceptors (Lipinski definition) is 8. The smallest absolute Gasteiger partial charge is 0.411 e. The summed E-state index contributed by atoms with van der Waals surface area (Å²) in [4.78, 5) is 42.3. The summed E-state index contributed by atoms with van der Waals surface area (Å²) in [6, 6.07) is 13.7. The number of nitrogens with zero attached hydrogens (tertiary/aromatic N) is 5. The third-order valence-corrected chi connectivity index (χ3v) is 7.05. The minimum absolute atomic E-state index is 0.155. The predicted octanol–water partition coefficient (Wildman–Crippen LogP) is 5.50. The Kier molecular flexibility index (Phi) is 9.72. The second-order valence-electron chi connectivity index (χ2n) is 9.83. The van der Waals surface area contributed by atoms with Crippen molar-refractivity contribution in [2.24, 2.45) is 0 Å². The highest BCUT2D eigenvalue weighted by Crippen LogP contribution is 2.33. The molecule has 1 aliphatic heterocycles. The molecule has 0 aliphatic carbocycles. The first-order valence-corrected chi connectivity index (χ1v) is 14.2. The highest BCUT2D eigenvalue weighted by atomic mass is 35.5. The number of carbonyl (C=O) groups is 3. The molecule has 0 radical (unpaired) electrons. The van der Waals surface area contributed by atoms with E-state index in [2.05, 4.69) is 36.5 Å². The maximum atomic E-state index is 13.2. The van der Waals surface area contributed by atoms with Crippen LogP contribution in [0.15, 0.2) is 79.3 Å². The molecule has 0 unspecified atom stereocenters. The average Bonchev–Trinajstić information content (AvgIpc) is 3.56. The molecule has 4 aromatic rings. The monoisotopic (exact) mass is 612 g/mol. The number of rotatable bonds is 5. The van der Waals surface area contributed by atoms with E-state index in [1.165, 1.54) is 24.2 Å². The van der Waals surface area contributed by atoms with E-state index < -0.39 is 12.1 Å². The fraction of sp³-hybridized carbons (Fsp3) is 0.194. The van der Waals surface area contributed by atoms with E-state index in [1.807, 2.05) is 24.3 Å². The van der Waals surface area contributed by atoms with Gasteiger partial charge < -0.3 is 15.4 Å². The topological polar surface area (TPSA) is 153 Å². The molecular formula is C31H29ClN8O4. The fourth-order valence-electron chi connectivity index (χ4n) is 4.70. The Bertz CT molecular complexity index is 1720. The number of ether oxygens (including phenoxy) is 1. The second-order valence-corrected chi connectivity index (χ2v) is 10.3. The van der Waals surface area contributed by atoms with Crippen molar-refractivity contribution in [1.82, 2.24) is 30.5 Å². The molecule has 3 N–H and O–H groups in total. The van der Waals surface area contributed by atoms with Crippen molar-refractivity contribution in [1.29, 1.82) is 0 Å². The Morgan fingerprint density at radius 2 is 1.98 bits per heavy atom. The number of nitrogens with one attached hydrogen (secondary N) is 3. The number of pyridine rings is 1. The Morgan fingerprint density at radius 3 is 2.80 bits per heavy atom. The number of allylic oxidation sites excluding steroid dienone is 2. The van der Waals surface area contributed by atoms with E-state index in [-0.39, 0.29) is 18.2 Å². The first-order chi connectivity index (χ1) is 21.4. The van der Waals surface area contributed by atoms with Crippen LogP contribution in [0.1, 0.15) is 43.0 Å². The lowest BCUT2D eigenvalue weighted by Crippen LogP contribution is -2.27. The Morgan fingerprint density at radius 1 is 1.11 bits per heavy atom. The second kappa shape index (κ2) is 14.2. The van der Waals surface area contributed by atoms with E-state index >= 15 is 0 Å². The summed E-state index contributed by atoms with van der Waals surface area (Å²) in [5, 5.41) is 20.5. The maximum Gasteiger partial charge on any atom is 0.411 e. The van der Waals surface area contributed by atoms with Crippen LogP contribution in [0.25, 0.3) is 22.9 Å². The normalized spacial score (nSPS) is 15.9. The van der Waals surface area contributed by atoms with Crippen LogP contribution in [0.4, 0.5) is 16.2 Å². The minimum atomic E-state index is -0.622. The first-order valence-electron chi connectivity index (χ1n) is 13.8. The lowest BCUT2D eigenvalue weighted by atomic mass is 9.99. The van der Waals surface area contributed by atoms with Gasteiger partial charge >= 0.3 is 6.09 Å². The van der Waals surface area contributed by atoms with Gasteiger partial charge in [-0.05, 0) is 83.8 Å². The van der Waals surface area contributed by atoms with E-state index in [1.54, 1.807) is 48.7 Å². The van der Waals surface area contributed by atoms with Gasteiger partial charge in [0.1, 0.15) is 6.33 Å². The highest BCUT2D eigenvalue weighted by molar-refractivity contribution is 6.30. The third-order valence-electron chi connectivity index (χ3n) is 6.82. The third kappa shape index (κ3) is 7.72. The molecular weight excluding hydrogens is 584 g/mol. The molecule has 2 aromatic carbocycles. The van der Waals surface area contributed by atoms with Gasteiger partial charge in [0.15, 0.2) is 0 Å². The van der Waals surface area contributed by atoms with Gasteiger partial charge in [-0.3, -0.25) is 19.9 Å². The van der Waals surface area contributed by atoms with Crippen molar-refractivity contribution in [3.05, 3.63) is 95.6 Å². The van der Waals surface area contributed by atoms with Crippen LogP contribution in [-0.4, -0.2) is 50.2 Å². The minimum Gasteiger partial charge on any atom is -0.453 e. The zero-order valence-electron chi connectivity index (χ0n) is 23.7. The van der Waals surface area contributed by atoms with Gasteiger partial charge in [0.2, 0.25) is 11.8 Å². The fourth-order valence-corrected chi connectivity index (χ4v) is 4.88. The Balaban J connectivity index is 1.44. The van der Waals surface area contributed by atoms with Crippen LogP contribution >= 0.6 is 11.6 Å². The van der Waals surface area contributed by atoms with Crippen molar-refractivity contribution in [3.8, 4) is 16.8 Å². The van der Waals surface area contributed by atoms with Crippen LogP contribution in [0.3, 0.4) is 0 Å². The molecule has 2 aromatic heterocycles. The van der Waals surface area contributed by atoms with Crippen LogP contribution in [0, 0.1) is 0 Å². The van der Waals surface area contributed by atoms with Crippen molar-refractivity contribution in [2.75, 3.05) is 17.7 Å². The van der Waals surface area contributed by atoms with Crippen molar-refractivity contribution < 1.29 is 19.1 Å². The summed E-state index contributed by atoms with van der Waals surface area (Å²) in [6.45, 7) is 0. The van der Waals surface area contributed by atoms with Crippen LogP contribution in [0.5, 0.6) is 0 Å². The molecule has 3 heterocycles. The van der Waals surface area contributed by atoms with Gasteiger partial charge in [-0.15, -0.1) is 5.10 Å². The largest absolute Gasteiger partial charge is 0.453 e. The first kappa shape index (κ1) is 30.1. The summed E-state index contributed by atoms with van der Waals surface area (Å²) < 4.78 is 6.19. The number of amides is 3. The number of halogens is 1. The van der Waals surface area contributed by atoms with Crippen molar-refractivity contribution in [3.63, 3.8) is 0 Å². The van der Waals surface area contributed by atoms with Crippen LogP contribution in [-0.2, 0) is 14.3 Å². The van der Waals surface area contributed by atoms with Gasteiger partial charge in [-0.2, -0.15) is 4.68 Å². The summed E-state index contributed by atoms with van der Waals surface area (Å²) in [6.07, 6.45) is 11.6. The number of aromatic nitrogens is 5. The summed E-state index contributed by atoms with van der Waals surface area (Å²) in [5.41, 5.74) is 4.47. The van der Waals surface area contributed by atoms with Crippen molar-refractivity contribution >= 4 is 47.0 Å². The lowest BCUT2D eigenvalue weighted by Gasteiger charge is -2.19. The lowest BCUT2D eigenvalue weighted by molar-refractivity contribution is -0.117. The Labute approximate surface area is 258 Å². The van der Waals surface area contributed by atoms with Gasteiger partial charge in [-0.25, -0.2) is 4.79 Å². The van der Waals surface area contributed by atoms with Crippen molar-refractivity contribution in [2.45, 2.75) is 31.7 Å². The van der Waals surface area contributed by atoms with E-state index in [0.717, 1.165) is 11.1 Å². The molecule has 13 heteroatoms. The molecule has 0 fully saturated rings. The number of hydrogen-bond donors (Lipinski definition) is 3. The maximum absolute atomic E-state index is 13.2. The molecule has 0 saturated carbocycles. The molecule has 44 heavy (non-hydrogen) atoms. The summed E-state index contributed by atoms with van der Waals surface area (Å²) in [5.74, 6) is -0.474. The zero-order chi connectivity index (χ0) is 30.9. The molecule has 0 saturated heterocycles. The quantitative estimate of drug-likeness (QED) is 0.197. The number of fused-ring (bicyclic) bond motifs is 4. The molecule has 224 valence electrons. The van der Waals surface area contributed by atoms with Gasteiger partial charge in [0, 0.05) is 40.5 Å². The molecule has 0 spiro atoms. The molecule has 3 amide bonds. The number of methoxy groups -OCH3 is 1. The average molecular weight is 613 g/mol. The summed E-state index contributed by atoms with van der Waals surface area (Å²) in [7, 11) is 1.28. The van der Waals surface area contributed by atoms with E-state index in [0.29, 0.717) is 52.6 Å². The predicted molar refractivity (Wildman–Crippen MR) is 166 cm³/mol.